The van der Waals surface area contributed by atoms with E-state index in [1.54, 1.807) is 17.4 Å². The number of carbonyl (C=O) groups excluding carboxylic acids is 1. The number of benzene rings is 2. The molecule has 2 aromatic heterocycles. The number of rotatable bonds is 7. The van der Waals surface area contributed by atoms with E-state index in [1.807, 2.05) is 30.3 Å². The molecule has 8 nitrogen and oxygen atoms in total. The second-order valence-corrected chi connectivity index (χ2v) is 10.4. The summed E-state index contributed by atoms with van der Waals surface area (Å²) in [4.78, 5) is 24.2. The number of anilines is 1. The molecule has 0 unspecified atom stereocenters. The van der Waals surface area contributed by atoms with Crippen LogP contribution in [0.25, 0.3) is 21.5 Å². The number of hydrogen-bond acceptors (Lipinski definition) is 9. The first-order chi connectivity index (χ1) is 18.7. The molecule has 4 aromatic rings. The van der Waals surface area contributed by atoms with Crippen LogP contribution in [0, 0.1) is 0 Å². The quantitative estimate of drug-likeness (QED) is 0.267. The number of fused-ring (bicyclic) bond motifs is 2. The maximum absolute atomic E-state index is 12.7. The molecular weight excluding hydrogens is 498 g/mol. The van der Waals surface area contributed by atoms with Crippen LogP contribution >= 0.6 is 11.3 Å². The standard InChI is InChI=1S/C29H29N5O3S/c35-28(37-18-15-34-13-16-36-17-14-34)26-9-4-7-23(30-26)21-12-11-20-5-3-8-24(22(20)19-21)32-33-29-31-25-6-1-2-10-27(25)38-29/h1-2,4,6-7,9-12,19H,3,5,8,13-18H2,(H,31,33)/b32-24+. The van der Waals surface area contributed by atoms with Crippen molar-refractivity contribution in [3.63, 3.8) is 0 Å². The van der Waals surface area contributed by atoms with E-state index >= 15 is 0 Å². The third-order valence-corrected chi connectivity index (χ3v) is 7.80. The molecule has 194 valence electrons. The van der Waals surface area contributed by atoms with Crippen molar-refractivity contribution < 1.29 is 14.3 Å². The third-order valence-electron chi connectivity index (χ3n) is 6.86. The van der Waals surface area contributed by atoms with Crippen LogP contribution in [0.3, 0.4) is 0 Å². The van der Waals surface area contributed by atoms with Gasteiger partial charge < -0.3 is 9.47 Å². The van der Waals surface area contributed by atoms with E-state index in [0.29, 0.717) is 18.8 Å². The Labute approximate surface area is 225 Å². The van der Waals surface area contributed by atoms with Gasteiger partial charge in [-0.25, -0.2) is 14.8 Å². The van der Waals surface area contributed by atoms with Crippen molar-refractivity contribution in [1.29, 1.82) is 0 Å². The maximum atomic E-state index is 12.7. The molecule has 1 N–H and O–H groups in total. The Morgan fingerprint density at radius 1 is 1.05 bits per heavy atom. The second kappa shape index (κ2) is 11.4. The third kappa shape index (κ3) is 5.60. The highest BCUT2D eigenvalue weighted by Gasteiger charge is 2.18. The summed E-state index contributed by atoms with van der Waals surface area (Å²) in [5, 5.41) is 5.53. The number of pyridine rings is 1. The lowest BCUT2D eigenvalue weighted by Gasteiger charge is -2.26. The minimum Gasteiger partial charge on any atom is -0.460 e. The number of carbonyl (C=O) groups is 1. The highest BCUT2D eigenvalue weighted by molar-refractivity contribution is 7.22. The number of aromatic nitrogens is 2. The van der Waals surface area contributed by atoms with E-state index < -0.39 is 5.97 Å². The van der Waals surface area contributed by atoms with E-state index in [2.05, 4.69) is 44.6 Å². The largest absolute Gasteiger partial charge is 0.460 e. The molecule has 0 atom stereocenters. The summed E-state index contributed by atoms with van der Waals surface area (Å²) >= 11 is 1.59. The first-order valence-corrected chi connectivity index (χ1v) is 13.8. The minimum atomic E-state index is -0.402. The number of para-hydroxylation sites is 1. The second-order valence-electron chi connectivity index (χ2n) is 9.38. The molecule has 1 saturated heterocycles. The van der Waals surface area contributed by atoms with Crippen molar-refractivity contribution in [2.75, 3.05) is 44.9 Å². The van der Waals surface area contributed by atoms with Gasteiger partial charge >= 0.3 is 5.97 Å². The zero-order chi connectivity index (χ0) is 25.7. The summed E-state index contributed by atoms with van der Waals surface area (Å²) < 4.78 is 12.0. The van der Waals surface area contributed by atoms with Crippen LogP contribution in [-0.4, -0.2) is 66.0 Å². The van der Waals surface area contributed by atoms with Crippen molar-refractivity contribution in [3.8, 4) is 11.3 Å². The smallest absolute Gasteiger partial charge is 0.356 e. The summed E-state index contributed by atoms with van der Waals surface area (Å²) in [6.45, 7) is 4.22. The number of morpholine rings is 1. The van der Waals surface area contributed by atoms with Gasteiger partial charge in [-0.2, -0.15) is 5.10 Å². The molecule has 3 heterocycles. The zero-order valence-corrected chi connectivity index (χ0v) is 21.9. The summed E-state index contributed by atoms with van der Waals surface area (Å²) in [6.07, 6.45) is 2.95. The average molecular weight is 528 g/mol. The lowest BCUT2D eigenvalue weighted by molar-refractivity contribution is 0.0193. The number of hydrazone groups is 1. The number of nitrogens with zero attached hydrogens (tertiary/aromatic N) is 4. The molecule has 0 saturated carbocycles. The molecule has 9 heteroatoms. The molecule has 2 aliphatic rings. The molecule has 1 fully saturated rings. The van der Waals surface area contributed by atoms with Crippen molar-refractivity contribution in [3.05, 3.63) is 77.5 Å². The normalized spacial score (nSPS) is 16.9. The Morgan fingerprint density at radius 2 is 1.95 bits per heavy atom. The predicted octanol–water partition coefficient (Wildman–Crippen LogP) is 5.00. The lowest BCUT2D eigenvalue weighted by atomic mass is 9.88. The molecule has 1 aliphatic heterocycles. The van der Waals surface area contributed by atoms with Gasteiger partial charge in [0.05, 0.1) is 34.8 Å². The molecular formula is C29H29N5O3S. The number of nitrogens with one attached hydrogen (secondary N) is 1. The summed E-state index contributed by atoms with van der Waals surface area (Å²) in [5.41, 5.74) is 9.53. The van der Waals surface area contributed by atoms with Crippen molar-refractivity contribution >= 4 is 38.4 Å². The molecule has 0 radical (unpaired) electrons. The monoisotopic (exact) mass is 527 g/mol. The topological polar surface area (TPSA) is 88.9 Å². The summed E-state index contributed by atoms with van der Waals surface area (Å²) in [7, 11) is 0. The lowest BCUT2D eigenvalue weighted by Crippen LogP contribution is -2.38. The van der Waals surface area contributed by atoms with Crippen LogP contribution in [0.4, 0.5) is 5.13 Å². The SMILES string of the molecule is O=C(OCCN1CCOCC1)c1cccc(-c2ccc3c(c2)/C(=N/Nc2nc4ccccc4s2)CCC3)n1. The molecule has 6 rings (SSSR count). The fourth-order valence-electron chi connectivity index (χ4n) is 4.83. The fraction of sp³-hybridized carbons (Fsp3) is 0.310. The number of thiazole rings is 1. The van der Waals surface area contributed by atoms with E-state index in [-0.39, 0.29) is 0 Å². The Kier molecular flexibility index (Phi) is 7.39. The van der Waals surface area contributed by atoms with Crippen molar-refractivity contribution in [1.82, 2.24) is 14.9 Å². The Balaban J connectivity index is 1.17. The zero-order valence-electron chi connectivity index (χ0n) is 21.1. The number of hydrogen-bond donors (Lipinski definition) is 1. The van der Waals surface area contributed by atoms with Crippen molar-refractivity contribution in [2.45, 2.75) is 19.3 Å². The van der Waals surface area contributed by atoms with Gasteiger partial charge in [-0.3, -0.25) is 10.3 Å². The molecule has 2 aromatic carbocycles. The van der Waals surface area contributed by atoms with Crippen LogP contribution in [0.5, 0.6) is 0 Å². The molecule has 1 aliphatic carbocycles. The Hall–Kier alpha value is -3.66. The van der Waals surface area contributed by atoms with Crippen LogP contribution in [-0.2, 0) is 15.9 Å². The van der Waals surface area contributed by atoms with Gasteiger partial charge in [0.15, 0.2) is 0 Å². The van der Waals surface area contributed by atoms with Gasteiger partial charge in [-0.15, -0.1) is 0 Å². The first kappa shape index (κ1) is 24.7. The van der Waals surface area contributed by atoms with Gasteiger partial charge in [-0.1, -0.05) is 41.7 Å². The Bertz CT molecular complexity index is 1450. The van der Waals surface area contributed by atoms with Crippen LogP contribution in [0.15, 0.2) is 65.8 Å². The minimum absolute atomic E-state index is 0.314. The summed E-state index contributed by atoms with van der Waals surface area (Å²) in [6, 6.07) is 19.9. The van der Waals surface area contributed by atoms with Crippen LogP contribution < -0.4 is 5.43 Å². The fourth-order valence-corrected chi connectivity index (χ4v) is 5.64. The van der Waals surface area contributed by atoms with E-state index in [1.165, 1.54) is 5.56 Å². The predicted molar refractivity (Wildman–Crippen MR) is 150 cm³/mol. The number of ether oxygens (including phenoxy) is 2. The van der Waals surface area contributed by atoms with Crippen molar-refractivity contribution in [2.24, 2.45) is 5.10 Å². The number of esters is 1. The van der Waals surface area contributed by atoms with E-state index in [4.69, 9.17) is 14.6 Å². The number of aryl methyl sites for hydroxylation is 1. The first-order valence-electron chi connectivity index (χ1n) is 13.0. The van der Waals surface area contributed by atoms with Gasteiger partial charge in [0.1, 0.15) is 12.3 Å². The average Bonchev–Trinajstić information content (AvgIpc) is 3.39. The van der Waals surface area contributed by atoms with E-state index in [9.17, 15) is 4.79 Å². The van der Waals surface area contributed by atoms with Crippen LogP contribution in [0.2, 0.25) is 0 Å². The molecule has 0 spiro atoms. The Morgan fingerprint density at radius 3 is 2.84 bits per heavy atom. The van der Waals surface area contributed by atoms with Gasteiger partial charge in [0.2, 0.25) is 5.13 Å². The van der Waals surface area contributed by atoms with Gasteiger partial charge in [0, 0.05) is 30.8 Å². The molecule has 0 bridgehead atoms. The molecule has 0 amide bonds. The van der Waals surface area contributed by atoms with Gasteiger partial charge in [-0.05, 0) is 55.2 Å². The van der Waals surface area contributed by atoms with Crippen LogP contribution in [0.1, 0.15) is 34.5 Å². The highest BCUT2D eigenvalue weighted by Crippen LogP contribution is 2.29. The maximum Gasteiger partial charge on any atom is 0.356 e. The van der Waals surface area contributed by atoms with E-state index in [0.717, 1.165) is 83.4 Å². The summed E-state index contributed by atoms with van der Waals surface area (Å²) in [5.74, 6) is -0.402. The highest BCUT2D eigenvalue weighted by atomic mass is 32.1. The van der Waals surface area contributed by atoms with Gasteiger partial charge in [0.25, 0.3) is 0 Å². The molecule has 38 heavy (non-hydrogen) atoms.